The Labute approximate surface area is 158 Å². The summed E-state index contributed by atoms with van der Waals surface area (Å²) in [4.78, 5) is 17.4. The van der Waals surface area contributed by atoms with Gasteiger partial charge in [0.25, 0.3) is 5.88 Å². The van der Waals surface area contributed by atoms with E-state index >= 15 is 0 Å². The molecule has 2 atom stereocenters. The topological polar surface area (TPSA) is 105 Å². The summed E-state index contributed by atoms with van der Waals surface area (Å²) < 4.78 is 7.28. The van der Waals surface area contributed by atoms with Crippen LogP contribution in [0.25, 0.3) is 11.0 Å². The van der Waals surface area contributed by atoms with Gasteiger partial charge >= 0.3 is 5.56 Å². The molecule has 7 nitrogen and oxygen atoms in total. The van der Waals surface area contributed by atoms with Crippen LogP contribution in [0.15, 0.2) is 10.9 Å². The van der Waals surface area contributed by atoms with Crippen molar-refractivity contribution in [2.24, 2.45) is 0 Å². The number of aromatic nitrogens is 2. The number of benzene rings is 1. The quantitative estimate of drug-likeness (QED) is 0.699. The summed E-state index contributed by atoms with van der Waals surface area (Å²) >= 11 is 0. The molecule has 3 N–H and O–H groups in total. The van der Waals surface area contributed by atoms with Crippen molar-refractivity contribution in [2.45, 2.75) is 64.7 Å². The largest absolute Gasteiger partial charge is 0.474 e. The van der Waals surface area contributed by atoms with Gasteiger partial charge < -0.3 is 24.6 Å². The standard InChI is InChI=1S/C20H28N2O5/c1-11-9-13-17-16(12(11)2)20(3,4)6-7-22(17)19(26)18(21-13)27-8-5-14(24)15(25)10-23/h9,14-15,23-25H,5-8,10H2,1-4H3/t14-,15+/m0/s1. The molecule has 0 unspecified atom stereocenters. The molecule has 0 radical (unpaired) electrons. The molecule has 0 aliphatic carbocycles. The van der Waals surface area contributed by atoms with E-state index in [1.165, 1.54) is 11.1 Å². The molecule has 1 aliphatic heterocycles. The van der Waals surface area contributed by atoms with Crippen LogP contribution in [-0.4, -0.2) is 50.3 Å². The molecule has 0 saturated heterocycles. The molecule has 3 rings (SSSR count). The van der Waals surface area contributed by atoms with Crippen LogP contribution in [0.2, 0.25) is 0 Å². The zero-order valence-corrected chi connectivity index (χ0v) is 16.3. The van der Waals surface area contributed by atoms with Crippen LogP contribution < -0.4 is 10.3 Å². The second kappa shape index (κ2) is 7.22. The van der Waals surface area contributed by atoms with Crippen LogP contribution in [0.1, 0.15) is 43.4 Å². The minimum atomic E-state index is -1.23. The molecule has 0 spiro atoms. The fourth-order valence-electron chi connectivity index (χ4n) is 3.86. The van der Waals surface area contributed by atoms with Crippen LogP contribution >= 0.6 is 0 Å². The summed E-state index contributed by atoms with van der Waals surface area (Å²) in [6, 6.07) is 1.97. The lowest BCUT2D eigenvalue weighted by Crippen LogP contribution is -2.35. The molecule has 1 aromatic heterocycles. The van der Waals surface area contributed by atoms with E-state index in [1.807, 2.05) is 13.0 Å². The first kappa shape index (κ1) is 19.8. The Kier molecular flexibility index (Phi) is 5.29. The molecule has 0 saturated carbocycles. The fraction of sp³-hybridized carbons (Fsp3) is 0.600. The van der Waals surface area contributed by atoms with Crippen molar-refractivity contribution < 1.29 is 20.1 Å². The van der Waals surface area contributed by atoms with E-state index in [9.17, 15) is 15.0 Å². The molecule has 27 heavy (non-hydrogen) atoms. The van der Waals surface area contributed by atoms with Crippen molar-refractivity contribution in [1.82, 2.24) is 9.55 Å². The zero-order valence-electron chi connectivity index (χ0n) is 16.3. The molecule has 148 valence electrons. The lowest BCUT2D eigenvalue weighted by molar-refractivity contribution is -0.0227. The third-order valence-electron chi connectivity index (χ3n) is 5.64. The Hall–Kier alpha value is -1.96. The molecule has 0 amide bonds. The Balaban J connectivity index is 2.00. The van der Waals surface area contributed by atoms with Gasteiger partial charge in [-0.25, -0.2) is 4.98 Å². The molecular formula is C20H28N2O5. The number of aryl methyl sites for hydroxylation is 2. The van der Waals surface area contributed by atoms with E-state index < -0.39 is 18.8 Å². The van der Waals surface area contributed by atoms with Gasteiger partial charge in [-0.3, -0.25) is 4.79 Å². The summed E-state index contributed by atoms with van der Waals surface area (Å²) in [7, 11) is 0. The van der Waals surface area contributed by atoms with Gasteiger partial charge in [0.05, 0.1) is 30.4 Å². The van der Waals surface area contributed by atoms with E-state index in [-0.39, 0.29) is 29.9 Å². The normalized spacial score (nSPS) is 17.7. The summed E-state index contributed by atoms with van der Waals surface area (Å²) in [5.74, 6) is 0.00194. The molecule has 2 heterocycles. The molecule has 1 aromatic carbocycles. The monoisotopic (exact) mass is 376 g/mol. The lowest BCUT2D eigenvalue weighted by Gasteiger charge is -2.35. The van der Waals surface area contributed by atoms with E-state index in [4.69, 9.17) is 9.84 Å². The average molecular weight is 376 g/mol. The Bertz CT molecular complexity index is 919. The van der Waals surface area contributed by atoms with Gasteiger partial charge in [0, 0.05) is 13.0 Å². The highest BCUT2D eigenvalue weighted by atomic mass is 16.5. The highest BCUT2D eigenvalue weighted by Gasteiger charge is 2.32. The summed E-state index contributed by atoms with van der Waals surface area (Å²) in [5, 5.41) is 28.0. The molecular weight excluding hydrogens is 348 g/mol. The molecule has 7 heteroatoms. The molecule has 2 aromatic rings. The second-order valence-corrected chi connectivity index (χ2v) is 8.02. The van der Waals surface area contributed by atoms with Gasteiger partial charge in [0.15, 0.2) is 0 Å². The number of hydrogen-bond donors (Lipinski definition) is 3. The first-order chi connectivity index (χ1) is 12.7. The number of hydrogen-bond acceptors (Lipinski definition) is 6. The summed E-state index contributed by atoms with van der Waals surface area (Å²) in [5.41, 5.74) is 4.78. The molecule has 0 bridgehead atoms. The van der Waals surface area contributed by atoms with Crippen LogP contribution in [-0.2, 0) is 12.0 Å². The zero-order chi connectivity index (χ0) is 19.9. The number of aliphatic hydroxyl groups excluding tert-OH is 3. The summed E-state index contributed by atoms with van der Waals surface area (Å²) in [6.45, 7) is 8.61. The number of rotatable bonds is 6. The van der Waals surface area contributed by atoms with Gasteiger partial charge in [0.2, 0.25) is 0 Å². The van der Waals surface area contributed by atoms with E-state index in [2.05, 4.69) is 25.8 Å². The van der Waals surface area contributed by atoms with Gasteiger partial charge in [-0.15, -0.1) is 0 Å². The molecule has 0 fully saturated rings. The van der Waals surface area contributed by atoms with Crippen molar-refractivity contribution >= 4 is 11.0 Å². The van der Waals surface area contributed by atoms with Crippen LogP contribution in [0, 0.1) is 13.8 Å². The van der Waals surface area contributed by atoms with Gasteiger partial charge in [-0.2, -0.15) is 0 Å². The van der Waals surface area contributed by atoms with Crippen LogP contribution in [0.5, 0.6) is 5.88 Å². The maximum absolute atomic E-state index is 12.9. The van der Waals surface area contributed by atoms with E-state index in [0.717, 1.165) is 23.0 Å². The number of ether oxygens (including phenoxy) is 1. The number of nitrogens with zero attached hydrogens (tertiary/aromatic N) is 2. The van der Waals surface area contributed by atoms with Gasteiger partial charge in [-0.1, -0.05) is 13.8 Å². The van der Waals surface area contributed by atoms with Crippen molar-refractivity contribution in [3.05, 3.63) is 33.1 Å². The van der Waals surface area contributed by atoms with Crippen molar-refractivity contribution in [2.75, 3.05) is 13.2 Å². The fourth-order valence-corrected chi connectivity index (χ4v) is 3.86. The van der Waals surface area contributed by atoms with Crippen LogP contribution in [0.3, 0.4) is 0 Å². The smallest absolute Gasteiger partial charge is 0.313 e. The van der Waals surface area contributed by atoms with Crippen molar-refractivity contribution in [3.63, 3.8) is 0 Å². The predicted octanol–water partition coefficient (Wildman–Crippen LogP) is 1.18. The SMILES string of the molecule is Cc1cc2nc(OCC[C@H](O)[C@H](O)CO)c(=O)n3c2c(c1C)C(C)(C)CC3. The Morgan fingerprint density at radius 1 is 1.30 bits per heavy atom. The lowest BCUT2D eigenvalue weighted by atomic mass is 9.75. The first-order valence-electron chi connectivity index (χ1n) is 9.32. The third-order valence-corrected chi connectivity index (χ3v) is 5.64. The van der Waals surface area contributed by atoms with Gasteiger partial charge in [0.1, 0.15) is 6.10 Å². The maximum Gasteiger partial charge on any atom is 0.313 e. The van der Waals surface area contributed by atoms with E-state index in [0.29, 0.717) is 6.54 Å². The maximum atomic E-state index is 12.9. The highest BCUT2D eigenvalue weighted by molar-refractivity contribution is 5.83. The van der Waals surface area contributed by atoms with E-state index in [1.54, 1.807) is 4.57 Å². The molecule has 1 aliphatic rings. The van der Waals surface area contributed by atoms with Crippen molar-refractivity contribution in [1.29, 1.82) is 0 Å². The third kappa shape index (κ3) is 3.47. The average Bonchev–Trinajstić information content (AvgIpc) is 2.62. The Morgan fingerprint density at radius 2 is 2.00 bits per heavy atom. The van der Waals surface area contributed by atoms with Crippen LogP contribution in [0.4, 0.5) is 0 Å². The highest BCUT2D eigenvalue weighted by Crippen LogP contribution is 2.40. The van der Waals surface area contributed by atoms with Gasteiger partial charge in [-0.05, 0) is 48.4 Å². The number of aliphatic hydroxyl groups is 3. The minimum absolute atomic E-state index is 0.00194. The van der Waals surface area contributed by atoms with Crippen molar-refractivity contribution in [3.8, 4) is 5.88 Å². The first-order valence-corrected chi connectivity index (χ1v) is 9.32. The second-order valence-electron chi connectivity index (χ2n) is 8.02. The Morgan fingerprint density at radius 3 is 2.67 bits per heavy atom. The predicted molar refractivity (Wildman–Crippen MR) is 102 cm³/mol. The summed E-state index contributed by atoms with van der Waals surface area (Å²) in [6.07, 6.45) is -1.40. The minimum Gasteiger partial charge on any atom is -0.474 e.